The van der Waals surface area contributed by atoms with Gasteiger partial charge in [-0.2, -0.15) is 0 Å². The molecule has 1 aliphatic carbocycles. The summed E-state index contributed by atoms with van der Waals surface area (Å²) in [5, 5.41) is 5.60. The normalized spacial score (nSPS) is 26.2. The largest absolute Gasteiger partial charge is 0.493 e. The minimum absolute atomic E-state index is 0.0421. The number of rotatable bonds is 7. The molecule has 13 heteroatoms. The lowest BCUT2D eigenvalue weighted by atomic mass is 9.81. The molecule has 1 saturated carbocycles. The van der Waals surface area contributed by atoms with Crippen molar-refractivity contribution in [3.63, 3.8) is 0 Å². The number of nitrogens with one attached hydrogen (secondary N) is 2. The van der Waals surface area contributed by atoms with Gasteiger partial charge in [0.05, 0.1) is 19.2 Å². The van der Waals surface area contributed by atoms with Crippen LogP contribution in [0, 0.1) is 5.92 Å². The van der Waals surface area contributed by atoms with E-state index in [-0.39, 0.29) is 32.5 Å². The molecule has 0 radical (unpaired) electrons. The lowest BCUT2D eigenvalue weighted by Crippen LogP contribution is -2.66. The zero-order chi connectivity index (χ0) is 32.5. The Bertz CT molecular complexity index is 1420. The maximum atomic E-state index is 14.6. The number of alkyl halides is 4. The van der Waals surface area contributed by atoms with Crippen LogP contribution >= 0.6 is 0 Å². The summed E-state index contributed by atoms with van der Waals surface area (Å²) in [4.78, 5) is 44.1. The van der Waals surface area contributed by atoms with Gasteiger partial charge >= 0.3 is 6.09 Å². The van der Waals surface area contributed by atoms with Gasteiger partial charge in [0.2, 0.25) is 17.7 Å². The molecule has 2 saturated heterocycles. The fourth-order valence-electron chi connectivity index (χ4n) is 7.11. The first-order valence-electron chi connectivity index (χ1n) is 15.8. The number of benzene rings is 2. The van der Waals surface area contributed by atoms with Crippen LogP contribution in [0.3, 0.4) is 0 Å². The molecule has 2 N–H and O–H groups in total. The lowest BCUT2D eigenvalue weighted by Gasteiger charge is -2.45. The Morgan fingerprint density at radius 3 is 2.41 bits per heavy atom. The summed E-state index contributed by atoms with van der Waals surface area (Å²) in [6, 6.07) is 12.6. The summed E-state index contributed by atoms with van der Waals surface area (Å²) in [5.41, 5.74) is 1.48. The van der Waals surface area contributed by atoms with Crippen LogP contribution in [0.1, 0.15) is 55.7 Å². The van der Waals surface area contributed by atoms with Crippen molar-refractivity contribution < 1.29 is 41.4 Å². The Labute approximate surface area is 264 Å². The molecule has 3 heterocycles. The molecule has 3 aliphatic heterocycles. The molecule has 6 rings (SSSR count). The third-order valence-electron chi connectivity index (χ3n) is 9.52. The van der Waals surface area contributed by atoms with Crippen LogP contribution in [0.5, 0.6) is 5.75 Å². The molecular weight excluding hydrogens is 608 g/mol. The second-order valence-electron chi connectivity index (χ2n) is 12.8. The number of nitrogens with zero attached hydrogens (tertiary/aromatic N) is 2. The van der Waals surface area contributed by atoms with E-state index in [4.69, 9.17) is 9.47 Å². The van der Waals surface area contributed by atoms with E-state index in [1.54, 1.807) is 30.3 Å². The fraction of sp³-hybridized carbons (Fsp3) is 0.545. The molecule has 2 aromatic rings. The Kier molecular flexibility index (Phi) is 9.13. The summed E-state index contributed by atoms with van der Waals surface area (Å²) in [5.74, 6) is -7.11. The summed E-state index contributed by atoms with van der Waals surface area (Å²) in [6.07, 6.45) is -1.92. The number of piperazine rings is 1. The van der Waals surface area contributed by atoms with Crippen LogP contribution < -0.4 is 15.4 Å². The number of ether oxygens (including phenoxy) is 2. The first kappa shape index (κ1) is 32.1. The standard InChI is InChI=1S/C33H38F4N4O5/c34-32(35)13-10-22(11-14-32)28(39-31(44)46-19-21-6-2-1-3-7-21)30(43)41-17-23-16-33(36,37)20-40(23)18-26(41)29(42)38-25-12-15-45-27-9-5-4-8-24(25)27/h1-9,22-23,25-26,28H,10-20H2,(H,38,42)(H,39,44)/t23-,25-,26+,28+/m1/s1. The third kappa shape index (κ3) is 7.24. The Balaban J connectivity index is 1.24. The highest BCUT2D eigenvalue weighted by Gasteiger charge is 2.53. The Morgan fingerprint density at radius 1 is 0.935 bits per heavy atom. The molecule has 0 unspecified atom stereocenters. The van der Waals surface area contributed by atoms with Crippen LogP contribution in [0.2, 0.25) is 0 Å². The van der Waals surface area contributed by atoms with Gasteiger partial charge in [-0.25, -0.2) is 22.4 Å². The van der Waals surface area contributed by atoms with Crippen molar-refractivity contribution in [2.24, 2.45) is 5.92 Å². The molecule has 3 fully saturated rings. The third-order valence-corrected chi connectivity index (χ3v) is 9.52. The van der Waals surface area contributed by atoms with Crippen LogP contribution in [0.4, 0.5) is 22.4 Å². The van der Waals surface area contributed by atoms with Gasteiger partial charge in [0.1, 0.15) is 24.4 Å². The molecule has 4 atom stereocenters. The van der Waals surface area contributed by atoms with Crippen LogP contribution in [-0.4, -0.2) is 83.9 Å². The Morgan fingerprint density at radius 2 is 1.65 bits per heavy atom. The number of halogens is 4. The fourth-order valence-corrected chi connectivity index (χ4v) is 7.11. The van der Waals surface area contributed by atoms with E-state index in [9.17, 15) is 31.9 Å². The predicted molar refractivity (Wildman–Crippen MR) is 158 cm³/mol. The van der Waals surface area contributed by atoms with Crippen LogP contribution in [-0.2, 0) is 20.9 Å². The number of amides is 3. The van der Waals surface area contributed by atoms with Gasteiger partial charge in [0, 0.05) is 50.4 Å². The zero-order valence-corrected chi connectivity index (χ0v) is 25.3. The van der Waals surface area contributed by atoms with E-state index in [1.165, 1.54) is 9.80 Å². The SMILES string of the molecule is O=C(N[C@H](C(=O)N1C[C@H]2CC(F)(F)CN2C[C@H]1C(=O)N[C@@H]1CCOc2ccccc21)C1CCC(F)(F)CC1)OCc1ccccc1. The van der Waals surface area contributed by atoms with E-state index < -0.39 is 85.6 Å². The van der Waals surface area contributed by atoms with E-state index in [0.29, 0.717) is 24.3 Å². The van der Waals surface area contributed by atoms with Gasteiger partial charge in [-0.15, -0.1) is 0 Å². The number of hydrogen-bond donors (Lipinski definition) is 2. The van der Waals surface area contributed by atoms with Crippen molar-refractivity contribution in [2.45, 2.75) is 81.1 Å². The summed E-state index contributed by atoms with van der Waals surface area (Å²) >= 11 is 0. The first-order valence-corrected chi connectivity index (χ1v) is 15.8. The van der Waals surface area contributed by atoms with Gasteiger partial charge in [0.25, 0.3) is 5.92 Å². The predicted octanol–water partition coefficient (Wildman–Crippen LogP) is 4.67. The lowest BCUT2D eigenvalue weighted by molar-refractivity contribution is -0.149. The summed E-state index contributed by atoms with van der Waals surface area (Å²) in [6.45, 7) is -0.550. The monoisotopic (exact) mass is 646 g/mol. The van der Waals surface area contributed by atoms with Gasteiger partial charge < -0.3 is 25.0 Å². The van der Waals surface area contributed by atoms with E-state index in [2.05, 4.69) is 10.6 Å². The van der Waals surface area contributed by atoms with Crippen LogP contribution in [0.15, 0.2) is 54.6 Å². The minimum Gasteiger partial charge on any atom is -0.493 e. The molecule has 0 aromatic heterocycles. The topological polar surface area (TPSA) is 100 Å². The average Bonchev–Trinajstić information content (AvgIpc) is 3.35. The van der Waals surface area contributed by atoms with E-state index in [1.807, 2.05) is 24.3 Å². The van der Waals surface area contributed by atoms with Gasteiger partial charge in [-0.3, -0.25) is 14.5 Å². The first-order chi connectivity index (χ1) is 22.0. The van der Waals surface area contributed by atoms with Gasteiger partial charge in [-0.05, 0) is 30.4 Å². The highest BCUT2D eigenvalue weighted by molar-refractivity contribution is 5.92. The molecule has 2 aromatic carbocycles. The molecule has 9 nitrogen and oxygen atoms in total. The maximum absolute atomic E-state index is 14.6. The van der Waals surface area contributed by atoms with Crippen molar-refractivity contribution in [2.75, 3.05) is 26.2 Å². The van der Waals surface area contributed by atoms with Crippen molar-refractivity contribution >= 4 is 17.9 Å². The van der Waals surface area contributed by atoms with Crippen molar-refractivity contribution in [1.82, 2.24) is 20.4 Å². The molecule has 4 aliphatic rings. The van der Waals surface area contributed by atoms with Crippen LogP contribution in [0.25, 0.3) is 0 Å². The quantitative estimate of drug-likeness (QED) is 0.425. The minimum atomic E-state index is -2.99. The maximum Gasteiger partial charge on any atom is 0.408 e. The summed E-state index contributed by atoms with van der Waals surface area (Å²) < 4.78 is 68.5. The number of alkyl carbamates (subject to hydrolysis) is 1. The smallest absolute Gasteiger partial charge is 0.408 e. The molecule has 248 valence electrons. The van der Waals surface area contributed by atoms with Crippen molar-refractivity contribution in [3.8, 4) is 5.75 Å². The van der Waals surface area contributed by atoms with Crippen molar-refractivity contribution in [1.29, 1.82) is 0 Å². The number of carbonyl (C=O) groups excluding carboxylic acids is 3. The molecule has 3 amide bonds. The second-order valence-corrected chi connectivity index (χ2v) is 12.8. The van der Waals surface area contributed by atoms with Gasteiger partial charge in [0.15, 0.2) is 0 Å². The molecular formula is C33H38F4N4O5. The molecule has 0 spiro atoms. The number of hydrogen-bond acceptors (Lipinski definition) is 6. The molecule has 46 heavy (non-hydrogen) atoms. The van der Waals surface area contributed by atoms with E-state index >= 15 is 0 Å². The number of fused-ring (bicyclic) bond motifs is 2. The summed E-state index contributed by atoms with van der Waals surface area (Å²) in [7, 11) is 0. The van der Waals surface area contributed by atoms with Crippen molar-refractivity contribution in [3.05, 3.63) is 65.7 Å². The average molecular weight is 647 g/mol. The molecule has 0 bridgehead atoms. The number of carbonyl (C=O) groups is 3. The number of para-hydroxylation sites is 1. The Hall–Kier alpha value is -3.87. The zero-order valence-electron chi connectivity index (χ0n) is 25.3. The second kappa shape index (κ2) is 13.1. The highest BCUT2D eigenvalue weighted by Crippen LogP contribution is 2.40. The van der Waals surface area contributed by atoms with Gasteiger partial charge in [-0.1, -0.05) is 48.5 Å². The van der Waals surface area contributed by atoms with E-state index in [0.717, 1.165) is 5.56 Å². The highest BCUT2D eigenvalue weighted by atomic mass is 19.3.